The number of aromatic nitrogens is 1. The summed E-state index contributed by atoms with van der Waals surface area (Å²) in [5, 5.41) is 20.5. The molecule has 0 radical (unpaired) electrons. The van der Waals surface area contributed by atoms with Crippen LogP contribution in [0.25, 0.3) is 0 Å². The smallest absolute Gasteiger partial charge is 0.0723 e. The molecule has 0 unspecified atom stereocenters. The number of rotatable bonds is 4. The van der Waals surface area contributed by atoms with E-state index in [1.807, 2.05) is 6.07 Å². The summed E-state index contributed by atoms with van der Waals surface area (Å²) in [6.45, 7) is -0.216. The van der Waals surface area contributed by atoms with E-state index in [0.717, 1.165) is 10.2 Å². The maximum Gasteiger partial charge on any atom is 0.0723 e. The van der Waals surface area contributed by atoms with Crippen molar-refractivity contribution >= 4 is 21.6 Å². The Balaban J connectivity index is 2.62. The minimum atomic E-state index is -0.337. The van der Waals surface area contributed by atoms with Gasteiger partial charge in [-0.15, -0.1) is 0 Å². The van der Waals surface area contributed by atoms with E-state index in [0.29, 0.717) is 0 Å². The molecule has 1 aromatic heterocycles. The Hall–Kier alpha value is -0.650. The molecule has 0 aliphatic rings. The van der Waals surface area contributed by atoms with Crippen molar-refractivity contribution in [2.75, 3.05) is 18.5 Å². The van der Waals surface area contributed by atoms with Gasteiger partial charge >= 0.3 is 0 Å². The van der Waals surface area contributed by atoms with Crippen LogP contribution in [0.3, 0.4) is 0 Å². The molecule has 0 saturated carbocycles. The molecule has 0 spiro atoms. The molecule has 0 bridgehead atoms. The van der Waals surface area contributed by atoms with Crippen LogP contribution < -0.4 is 5.32 Å². The molecular formula is C8H11BrN2O2. The van der Waals surface area contributed by atoms with Gasteiger partial charge in [0.1, 0.15) is 0 Å². The number of nitrogens with one attached hydrogen (secondary N) is 1. The third-order valence-corrected chi connectivity index (χ3v) is 1.95. The predicted octanol–water partition coefficient (Wildman–Crippen LogP) is 0.609. The van der Waals surface area contributed by atoms with E-state index in [1.165, 1.54) is 0 Å². The van der Waals surface area contributed by atoms with Crippen LogP contribution in [0.5, 0.6) is 0 Å². The van der Waals surface area contributed by atoms with E-state index in [2.05, 4.69) is 26.2 Å². The lowest BCUT2D eigenvalue weighted by Crippen LogP contribution is -2.27. The van der Waals surface area contributed by atoms with E-state index in [1.54, 1.807) is 12.4 Å². The molecule has 4 nitrogen and oxygen atoms in total. The van der Waals surface area contributed by atoms with Gasteiger partial charge in [-0.1, -0.05) is 0 Å². The maximum absolute atomic E-state index is 8.80. The largest absolute Gasteiger partial charge is 0.394 e. The summed E-state index contributed by atoms with van der Waals surface area (Å²) >= 11 is 3.27. The number of aliphatic hydroxyl groups excluding tert-OH is 2. The summed E-state index contributed by atoms with van der Waals surface area (Å²) in [4.78, 5) is 3.93. The maximum atomic E-state index is 8.80. The first-order chi connectivity index (χ1) is 6.26. The Kier molecular flexibility index (Phi) is 4.14. The molecule has 0 aliphatic carbocycles. The van der Waals surface area contributed by atoms with Gasteiger partial charge in [-0.3, -0.25) is 4.98 Å². The van der Waals surface area contributed by atoms with Gasteiger partial charge in [0, 0.05) is 10.7 Å². The average Bonchev–Trinajstić information content (AvgIpc) is 2.14. The van der Waals surface area contributed by atoms with Crippen molar-refractivity contribution in [1.82, 2.24) is 4.98 Å². The van der Waals surface area contributed by atoms with Crippen molar-refractivity contribution in [1.29, 1.82) is 0 Å². The minimum absolute atomic E-state index is 0.108. The second-order valence-electron chi connectivity index (χ2n) is 2.60. The topological polar surface area (TPSA) is 65.4 Å². The summed E-state index contributed by atoms with van der Waals surface area (Å²) in [5.74, 6) is 0. The summed E-state index contributed by atoms with van der Waals surface area (Å²) in [6, 6.07) is 1.49. The monoisotopic (exact) mass is 246 g/mol. The summed E-state index contributed by atoms with van der Waals surface area (Å²) < 4.78 is 0.854. The van der Waals surface area contributed by atoms with Crippen molar-refractivity contribution in [3.05, 3.63) is 22.9 Å². The number of hydrogen-bond donors (Lipinski definition) is 3. The van der Waals surface area contributed by atoms with Crippen LogP contribution in [0.4, 0.5) is 5.69 Å². The number of anilines is 1. The lowest BCUT2D eigenvalue weighted by molar-refractivity contribution is 0.204. The highest BCUT2D eigenvalue weighted by Gasteiger charge is 2.04. The van der Waals surface area contributed by atoms with Gasteiger partial charge in [-0.05, 0) is 22.0 Å². The molecule has 0 aromatic carbocycles. The van der Waals surface area contributed by atoms with E-state index in [9.17, 15) is 0 Å². The highest BCUT2D eigenvalue weighted by atomic mass is 79.9. The van der Waals surface area contributed by atoms with Gasteiger partial charge in [0.25, 0.3) is 0 Å². The number of hydrogen-bond acceptors (Lipinski definition) is 4. The third-order valence-electron chi connectivity index (χ3n) is 1.52. The van der Waals surface area contributed by atoms with Crippen molar-refractivity contribution < 1.29 is 10.2 Å². The second-order valence-corrected chi connectivity index (χ2v) is 3.51. The van der Waals surface area contributed by atoms with E-state index in [4.69, 9.17) is 10.2 Å². The zero-order chi connectivity index (χ0) is 9.68. The second kappa shape index (κ2) is 5.16. The molecular weight excluding hydrogens is 236 g/mol. The molecule has 0 atom stereocenters. The average molecular weight is 247 g/mol. The SMILES string of the molecule is OCC(CO)Nc1cncc(Br)c1. The first-order valence-electron chi connectivity index (χ1n) is 3.85. The number of halogens is 1. The third kappa shape index (κ3) is 3.30. The van der Waals surface area contributed by atoms with E-state index in [-0.39, 0.29) is 19.3 Å². The first-order valence-corrected chi connectivity index (χ1v) is 4.64. The van der Waals surface area contributed by atoms with Crippen molar-refractivity contribution in [3.8, 4) is 0 Å². The molecule has 1 heterocycles. The molecule has 3 N–H and O–H groups in total. The molecule has 5 heteroatoms. The Morgan fingerprint density at radius 1 is 1.38 bits per heavy atom. The number of nitrogens with zero attached hydrogens (tertiary/aromatic N) is 1. The van der Waals surface area contributed by atoms with Crippen LogP contribution in [0.15, 0.2) is 22.9 Å². The van der Waals surface area contributed by atoms with Gasteiger partial charge in [-0.25, -0.2) is 0 Å². The van der Waals surface area contributed by atoms with Crippen molar-refractivity contribution in [2.45, 2.75) is 6.04 Å². The van der Waals surface area contributed by atoms with Crippen LogP contribution in [0, 0.1) is 0 Å². The molecule has 13 heavy (non-hydrogen) atoms. The fourth-order valence-electron chi connectivity index (χ4n) is 0.876. The van der Waals surface area contributed by atoms with Crippen LogP contribution in [-0.2, 0) is 0 Å². The van der Waals surface area contributed by atoms with Crippen molar-refractivity contribution in [3.63, 3.8) is 0 Å². The number of pyridine rings is 1. The zero-order valence-electron chi connectivity index (χ0n) is 6.94. The van der Waals surface area contributed by atoms with Gasteiger partial charge in [0.2, 0.25) is 0 Å². The first kappa shape index (κ1) is 10.4. The molecule has 72 valence electrons. The number of aliphatic hydroxyl groups is 2. The van der Waals surface area contributed by atoms with Crippen LogP contribution in [-0.4, -0.2) is 34.5 Å². The van der Waals surface area contributed by atoms with Gasteiger partial charge in [0.05, 0.1) is 31.1 Å². The van der Waals surface area contributed by atoms with Gasteiger partial charge in [0.15, 0.2) is 0 Å². The molecule has 1 rings (SSSR count). The lowest BCUT2D eigenvalue weighted by Gasteiger charge is -2.14. The molecule has 0 saturated heterocycles. The van der Waals surface area contributed by atoms with Crippen LogP contribution in [0.1, 0.15) is 0 Å². The highest BCUT2D eigenvalue weighted by Crippen LogP contribution is 2.14. The highest BCUT2D eigenvalue weighted by molar-refractivity contribution is 9.10. The fraction of sp³-hybridized carbons (Fsp3) is 0.375. The molecule has 0 aliphatic heterocycles. The quantitative estimate of drug-likeness (QED) is 0.729. The fourth-order valence-corrected chi connectivity index (χ4v) is 1.24. The predicted molar refractivity (Wildman–Crippen MR) is 53.5 cm³/mol. The zero-order valence-corrected chi connectivity index (χ0v) is 8.53. The summed E-state index contributed by atoms with van der Waals surface area (Å²) in [6.07, 6.45) is 3.29. The Morgan fingerprint density at radius 3 is 2.62 bits per heavy atom. The Labute approximate surface area is 84.8 Å². The van der Waals surface area contributed by atoms with E-state index >= 15 is 0 Å². The van der Waals surface area contributed by atoms with Crippen LogP contribution >= 0.6 is 15.9 Å². The van der Waals surface area contributed by atoms with Crippen LogP contribution in [0.2, 0.25) is 0 Å². The van der Waals surface area contributed by atoms with Gasteiger partial charge < -0.3 is 15.5 Å². The molecule has 0 amide bonds. The molecule has 0 fully saturated rings. The normalized spacial score (nSPS) is 10.5. The Morgan fingerprint density at radius 2 is 2.08 bits per heavy atom. The molecule has 1 aromatic rings. The van der Waals surface area contributed by atoms with Crippen molar-refractivity contribution in [2.24, 2.45) is 0 Å². The lowest BCUT2D eigenvalue weighted by atomic mass is 10.3. The summed E-state index contributed by atoms with van der Waals surface area (Å²) in [5.41, 5.74) is 0.766. The summed E-state index contributed by atoms with van der Waals surface area (Å²) in [7, 11) is 0. The minimum Gasteiger partial charge on any atom is -0.394 e. The standard InChI is InChI=1S/C8H11BrN2O2/c9-6-1-7(3-10-2-6)11-8(4-12)5-13/h1-3,8,11-13H,4-5H2. The van der Waals surface area contributed by atoms with Gasteiger partial charge in [-0.2, -0.15) is 0 Å². The Bertz CT molecular complexity index is 266. The van der Waals surface area contributed by atoms with E-state index < -0.39 is 0 Å².